The van der Waals surface area contributed by atoms with Crippen LogP contribution in [-0.2, 0) is 0 Å². The summed E-state index contributed by atoms with van der Waals surface area (Å²) < 4.78 is 0. The zero-order chi connectivity index (χ0) is 14.5. The lowest BCUT2D eigenvalue weighted by atomic mass is 10.1. The van der Waals surface area contributed by atoms with Gasteiger partial charge in [0, 0.05) is 24.0 Å². The second kappa shape index (κ2) is 9.67. The van der Waals surface area contributed by atoms with Crippen LogP contribution in [0.1, 0.15) is 16.9 Å². The second-order valence-electron chi connectivity index (χ2n) is 4.90. The number of carbonyl (C=O) groups excluding carboxylic acids is 1. The van der Waals surface area contributed by atoms with Gasteiger partial charge in [0.25, 0.3) is 5.91 Å². The molecule has 4 nitrogen and oxygen atoms in total. The van der Waals surface area contributed by atoms with E-state index in [1.54, 1.807) is 0 Å². The molecule has 0 spiro atoms. The van der Waals surface area contributed by atoms with E-state index in [1.807, 2.05) is 35.7 Å². The minimum atomic E-state index is -0.104. The predicted octanol–water partition coefficient (Wildman–Crippen LogP) is 3.30. The molecular formula is C16H19Cl2N3OS. The molecule has 124 valence electrons. The third kappa shape index (κ3) is 5.32. The fourth-order valence-corrected chi connectivity index (χ4v) is 3.01. The van der Waals surface area contributed by atoms with Gasteiger partial charge in [-0.1, -0.05) is 42.0 Å². The van der Waals surface area contributed by atoms with E-state index in [1.165, 1.54) is 16.9 Å². The summed E-state index contributed by atoms with van der Waals surface area (Å²) in [4.78, 5) is 16.5. The molecule has 1 amide bonds. The van der Waals surface area contributed by atoms with Gasteiger partial charge in [-0.15, -0.1) is 36.2 Å². The maximum absolute atomic E-state index is 12.1. The van der Waals surface area contributed by atoms with E-state index in [9.17, 15) is 4.79 Å². The van der Waals surface area contributed by atoms with E-state index in [-0.39, 0.29) is 30.7 Å². The Bertz CT molecular complexity index is 658. The summed E-state index contributed by atoms with van der Waals surface area (Å²) in [5.74, 6) is -0.104. The van der Waals surface area contributed by atoms with Gasteiger partial charge in [-0.3, -0.25) is 4.79 Å². The number of halogens is 2. The van der Waals surface area contributed by atoms with Crippen LogP contribution in [0.4, 0.5) is 0 Å². The van der Waals surface area contributed by atoms with Crippen molar-refractivity contribution in [2.24, 2.45) is 0 Å². The minimum absolute atomic E-state index is 0. The van der Waals surface area contributed by atoms with Crippen LogP contribution in [0, 0.1) is 0 Å². The van der Waals surface area contributed by atoms with Crippen LogP contribution in [0.15, 0.2) is 47.4 Å². The highest BCUT2D eigenvalue weighted by atomic mass is 35.5. The van der Waals surface area contributed by atoms with Gasteiger partial charge in [-0.05, 0) is 13.0 Å². The first-order valence-corrected chi connectivity index (χ1v) is 7.88. The lowest BCUT2D eigenvalue weighted by Crippen LogP contribution is -2.29. The summed E-state index contributed by atoms with van der Waals surface area (Å²) in [5.41, 5.74) is 2.82. The molecule has 1 aliphatic heterocycles. The second-order valence-corrected chi connectivity index (χ2v) is 5.76. The van der Waals surface area contributed by atoms with Crippen molar-refractivity contribution in [3.63, 3.8) is 0 Å². The monoisotopic (exact) mass is 371 g/mol. The van der Waals surface area contributed by atoms with Crippen molar-refractivity contribution in [2.75, 3.05) is 19.6 Å². The number of aromatic nitrogens is 1. The van der Waals surface area contributed by atoms with Crippen molar-refractivity contribution >= 4 is 42.1 Å². The first-order chi connectivity index (χ1) is 10.3. The van der Waals surface area contributed by atoms with Gasteiger partial charge >= 0.3 is 0 Å². The predicted molar refractivity (Wildman–Crippen MR) is 99.9 cm³/mol. The van der Waals surface area contributed by atoms with Crippen LogP contribution in [-0.4, -0.2) is 30.5 Å². The van der Waals surface area contributed by atoms with Crippen LogP contribution in [0.5, 0.6) is 0 Å². The summed E-state index contributed by atoms with van der Waals surface area (Å²) in [6.45, 7) is 2.48. The Balaban J connectivity index is 0.00000132. The maximum atomic E-state index is 12.1. The number of rotatable bonds is 4. The lowest BCUT2D eigenvalue weighted by molar-refractivity contribution is 0.0952. The van der Waals surface area contributed by atoms with E-state index in [0.29, 0.717) is 12.2 Å². The highest BCUT2D eigenvalue weighted by Crippen LogP contribution is 2.23. The fraction of sp³-hybridized carbons (Fsp3) is 0.250. The van der Waals surface area contributed by atoms with Crippen molar-refractivity contribution < 1.29 is 4.79 Å². The summed E-state index contributed by atoms with van der Waals surface area (Å²) in [6.07, 6.45) is 3.13. The van der Waals surface area contributed by atoms with Crippen LogP contribution in [0.25, 0.3) is 10.6 Å². The average Bonchev–Trinajstić information content (AvgIpc) is 3.04. The third-order valence-electron chi connectivity index (χ3n) is 3.39. The van der Waals surface area contributed by atoms with Crippen molar-refractivity contribution in [2.45, 2.75) is 6.42 Å². The average molecular weight is 372 g/mol. The van der Waals surface area contributed by atoms with E-state index in [2.05, 4.69) is 21.7 Å². The van der Waals surface area contributed by atoms with Crippen molar-refractivity contribution in [3.8, 4) is 10.6 Å². The smallest absolute Gasteiger partial charge is 0.271 e. The molecular weight excluding hydrogens is 353 g/mol. The zero-order valence-electron chi connectivity index (χ0n) is 12.5. The molecule has 0 fully saturated rings. The van der Waals surface area contributed by atoms with Gasteiger partial charge in [0.15, 0.2) is 0 Å². The SMILES string of the molecule is Cl.Cl.O=C(NCC1=CCNCC1)c1csc(-c2ccccc2)n1. The number of carbonyl (C=O) groups is 1. The first-order valence-electron chi connectivity index (χ1n) is 7.01. The number of nitrogens with zero attached hydrogens (tertiary/aromatic N) is 1. The Morgan fingerprint density at radius 3 is 2.74 bits per heavy atom. The van der Waals surface area contributed by atoms with E-state index >= 15 is 0 Å². The minimum Gasteiger partial charge on any atom is -0.347 e. The van der Waals surface area contributed by atoms with Gasteiger partial charge in [0.1, 0.15) is 10.7 Å². The number of nitrogens with one attached hydrogen (secondary N) is 2. The fourth-order valence-electron chi connectivity index (χ4n) is 2.21. The summed E-state index contributed by atoms with van der Waals surface area (Å²) in [6, 6.07) is 9.92. The molecule has 1 aliphatic rings. The van der Waals surface area contributed by atoms with Crippen molar-refractivity contribution in [1.29, 1.82) is 0 Å². The number of benzene rings is 1. The highest BCUT2D eigenvalue weighted by molar-refractivity contribution is 7.13. The maximum Gasteiger partial charge on any atom is 0.271 e. The van der Waals surface area contributed by atoms with Gasteiger partial charge < -0.3 is 10.6 Å². The molecule has 0 aliphatic carbocycles. The first kappa shape index (κ1) is 19.6. The molecule has 3 rings (SSSR count). The van der Waals surface area contributed by atoms with E-state index in [0.717, 1.165) is 30.1 Å². The number of thiazole rings is 1. The molecule has 0 saturated carbocycles. The highest BCUT2D eigenvalue weighted by Gasteiger charge is 2.12. The summed E-state index contributed by atoms with van der Waals surface area (Å²) in [7, 11) is 0. The Hall–Kier alpha value is -1.40. The Morgan fingerprint density at radius 1 is 1.26 bits per heavy atom. The van der Waals surface area contributed by atoms with Crippen LogP contribution < -0.4 is 10.6 Å². The number of hydrogen-bond donors (Lipinski definition) is 2. The zero-order valence-corrected chi connectivity index (χ0v) is 14.9. The number of hydrogen-bond acceptors (Lipinski definition) is 4. The van der Waals surface area contributed by atoms with Gasteiger partial charge in [0.2, 0.25) is 0 Å². The standard InChI is InChI=1S/C16H17N3OS.2ClH/c20-15(18-10-12-6-8-17-9-7-12)14-11-21-16(19-14)13-4-2-1-3-5-13;;/h1-6,11,17H,7-10H2,(H,18,20);2*1H. The van der Waals surface area contributed by atoms with Crippen molar-refractivity contribution in [3.05, 3.63) is 53.1 Å². The molecule has 0 saturated heterocycles. The number of amides is 1. The van der Waals surface area contributed by atoms with E-state index in [4.69, 9.17) is 0 Å². The molecule has 2 heterocycles. The van der Waals surface area contributed by atoms with Crippen LogP contribution >= 0.6 is 36.2 Å². The normalized spacial score (nSPS) is 13.3. The molecule has 7 heteroatoms. The molecule has 2 aromatic rings. The van der Waals surface area contributed by atoms with Gasteiger partial charge in [-0.25, -0.2) is 4.98 Å². The largest absolute Gasteiger partial charge is 0.347 e. The molecule has 2 N–H and O–H groups in total. The summed E-state index contributed by atoms with van der Waals surface area (Å²) in [5, 5.41) is 8.89. The molecule has 0 bridgehead atoms. The molecule has 1 aromatic carbocycles. The molecule has 0 unspecified atom stereocenters. The van der Waals surface area contributed by atoms with E-state index < -0.39 is 0 Å². The lowest BCUT2D eigenvalue weighted by Gasteiger charge is -2.14. The van der Waals surface area contributed by atoms with Crippen molar-refractivity contribution in [1.82, 2.24) is 15.6 Å². The Morgan fingerprint density at radius 2 is 2.04 bits per heavy atom. The van der Waals surface area contributed by atoms with Crippen LogP contribution in [0.2, 0.25) is 0 Å². The summed E-state index contributed by atoms with van der Waals surface area (Å²) >= 11 is 1.50. The third-order valence-corrected chi connectivity index (χ3v) is 4.28. The topological polar surface area (TPSA) is 54.0 Å². The Kier molecular flexibility index (Phi) is 8.26. The van der Waals surface area contributed by atoms with Gasteiger partial charge in [-0.2, -0.15) is 0 Å². The van der Waals surface area contributed by atoms with Gasteiger partial charge in [0.05, 0.1) is 0 Å². The Labute approximate surface area is 152 Å². The van der Waals surface area contributed by atoms with Crippen LogP contribution in [0.3, 0.4) is 0 Å². The quantitative estimate of drug-likeness (QED) is 0.810. The molecule has 1 aromatic heterocycles. The molecule has 23 heavy (non-hydrogen) atoms. The molecule has 0 atom stereocenters. The molecule has 0 radical (unpaired) electrons.